The zero-order chi connectivity index (χ0) is 12.7. The van der Waals surface area contributed by atoms with Crippen molar-refractivity contribution in [3.05, 3.63) is 16.1 Å². The predicted molar refractivity (Wildman–Crippen MR) is 65.1 cm³/mol. The van der Waals surface area contributed by atoms with E-state index in [0.717, 1.165) is 5.01 Å². The maximum Gasteiger partial charge on any atom is 0.305 e. The van der Waals surface area contributed by atoms with E-state index in [1.165, 1.54) is 11.3 Å². The highest BCUT2D eigenvalue weighted by molar-refractivity contribution is 7.09. The average Bonchev–Trinajstić information content (AvgIpc) is 2.71. The smallest absolute Gasteiger partial charge is 0.305 e. The van der Waals surface area contributed by atoms with Crippen LogP contribution in [0.4, 0.5) is 0 Å². The van der Waals surface area contributed by atoms with E-state index in [0.29, 0.717) is 31.7 Å². The van der Waals surface area contributed by atoms with Gasteiger partial charge in [0.15, 0.2) is 0 Å². The number of carbonyl (C=O) groups excluding carboxylic acids is 2. The number of rotatable bonds is 6. The Labute approximate surface area is 104 Å². The van der Waals surface area contributed by atoms with E-state index in [2.05, 4.69) is 10.3 Å². The van der Waals surface area contributed by atoms with E-state index in [-0.39, 0.29) is 11.9 Å². The number of thiazole rings is 1. The number of nitrogens with zero attached hydrogens (tertiary/aromatic N) is 1. The molecule has 0 atom stereocenters. The second-order valence-corrected chi connectivity index (χ2v) is 4.48. The van der Waals surface area contributed by atoms with Gasteiger partial charge in [0.1, 0.15) is 5.69 Å². The van der Waals surface area contributed by atoms with Gasteiger partial charge in [-0.1, -0.05) is 0 Å². The molecule has 0 aliphatic rings. The van der Waals surface area contributed by atoms with Crippen LogP contribution in [-0.2, 0) is 9.53 Å². The molecule has 94 valence electrons. The van der Waals surface area contributed by atoms with Crippen LogP contribution >= 0.6 is 11.3 Å². The minimum absolute atomic E-state index is 0.196. The minimum atomic E-state index is -0.230. The second kappa shape index (κ2) is 7.01. The lowest BCUT2D eigenvalue weighted by molar-refractivity contribution is -0.143. The Balaban J connectivity index is 2.19. The lowest BCUT2D eigenvalue weighted by atomic mass is 10.3. The Hall–Kier alpha value is -1.43. The summed E-state index contributed by atoms with van der Waals surface area (Å²) in [6.07, 6.45) is 0.901. The molecule has 1 rings (SSSR count). The van der Waals surface area contributed by atoms with Gasteiger partial charge in [0, 0.05) is 18.3 Å². The summed E-state index contributed by atoms with van der Waals surface area (Å²) in [5.74, 6) is -0.426. The quantitative estimate of drug-likeness (QED) is 0.619. The average molecular weight is 256 g/mol. The first-order chi connectivity index (χ1) is 8.13. The number of carbonyl (C=O) groups is 2. The minimum Gasteiger partial charge on any atom is -0.466 e. The highest BCUT2D eigenvalue weighted by atomic mass is 32.1. The van der Waals surface area contributed by atoms with Crippen LogP contribution in [0.2, 0.25) is 0 Å². The Kier molecular flexibility index (Phi) is 5.62. The normalized spacial score (nSPS) is 10.0. The molecule has 1 amide bonds. The van der Waals surface area contributed by atoms with E-state index in [4.69, 9.17) is 4.74 Å². The first-order valence-electron chi connectivity index (χ1n) is 5.49. The van der Waals surface area contributed by atoms with Crippen LogP contribution < -0.4 is 5.32 Å². The molecular formula is C11H16N2O3S. The summed E-state index contributed by atoms with van der Waals surface area (Å²) in [7, 11) is 0. The predicted octanol–water partition coefficient (Wildman–Crippen LogP) is 1.52. The van der Waals surface area contributed by atoms with Crippen LogP contribution in [0.3, 0.4) is 0 Å². The molecule has 1 heterocycles. The summed E-state index contributed by atoms with van der Waals surface area (Å²) in [6.45, 7) is 4.46. The van der Waals surface area contributed by atoms with Crippen LogP contribution in [0.15, 0.2) is 5.38 Å². The Morgan fingerprint density at radius 2 is 2.29 bits per heavy atom. The number of hydrogen-bond acceptors (Lipinski definition) is 5. The number of amides is 1. The molecule has 0 aliphatic carbocycles. The van der Waals surface area contributed by atoms with Crippen molar-refractivity contribution in [1.29, 1.82) is 0 Å². The molecule has 0 bridgehead atoms. The van der Waals surface area contributed by atoms with Crippen LogP contribution in [0.1, 0.15) is 35.3 Å². The summed E-state index contributed by atoms with van der Waals surface area (Å²) >= 11 is 1.44. The Morgan fingerprint density at radius 1 is 1.53 bits per heavy atom. The topological polar surface area (TPSA) is 68.3 Å². The van der Waals surface area contributed by atoms with Crippen molar-refractivity contribution in [2.75, 3.05) is 13.2 Å². The fourth-order valence-corrected chi connectivity index (χ4v) is 1.82. The van der Waals surface area contributed by atoms with Crippen molar-refractivity contribution < 1.29 is 14.3 Å². The molecule has 0 aromatic carbocycles. The largest absolute Gasteiger partial charge is 0.466 e. The van der Waals surface area contributed by atoms with Crippen molar-refractivity contribution in [3.8, 4) is 0 Å². The Morgan fingerprint density at radius 3 is 2.88 bits per heavy atom. The summed E-state index contributed by atoms with van der Waals surface area (Å²) in [4.78, 5) is 26.6. The molecule has 0 radical (unpaired) electrons. The number of ether oxygens (including phenoxy) is 1. The standard InChI is InChI=1S/C11H16N2O3S/c1-3-16-10(14)5-4-6-12-11(15)9-7-17-8(2)13-9/h7H,3-6H2,1-2H3,(H,12,15). The van der Waals surface area contributed by atoms with Gasteiger partial charge in [-0.25, -0.2) is 4.98 Å². The monoisotopic (exact) mass is 256 g/mol. The van der Waals surface area contributed by atoms with Crippen molar-refractivity contribution in [2.24, 2.45) is 0 Å². The van der Waals surface area contributed by atoms with Gasteiger partial charge >= 0.3 is 5.97 Å². The number of esters is 1. The summed E-state index contributed by atoms with van der Waals surface area (Å²) in [5, 5.41) is 5.29. The molecule has 0 saturated heterocycles. The highest BCUT2D eigenvalue weighted by Gasteiger charge is 2.08. The Bertz CT molecular complexity index is 390. The second-order valence-electron chi connectivity index (χ2n) is 3.42. The summed E-state index contributed by atoms with van der Waals surface area (Å²) in [6, 6.07) is 0. The number of aromatic nitrogens is 1. The molecule has 0 fully saturated rings. The number of aryl methyl sites for hydroxylation is 1. The maximum absolute atomic E-state index is 11.5. The third-order valence-corrected chi connectivity index (χ3v) is 2.77. The van der Waals surface area contributed by atoms with Gasteiger partial charge in [-0.05, 0) is 20.3 Å². The molecule has 5 nitrogen and oxygen atoms in total. The van der Waals surface area contributed by atoms with Gasteiger partial charge in [0.25, 0.3) is 5.91 Å². The summed E-state index contributed by atoms with van der Waals surface area (Å²) < 4.78 is 4.77. The van der Waals surface area contributed by atoms with Crippen LogP contribution in [0, 0.1) is 6.92 Å². The number of nitrogens with one attached hydrogen (secondary N) is 1. The first kappa shape index (κ1) is 13.6. The molecule has 1 aromatic heterocycles. The van der Waals surface area contributed by atoms with Crippen LogP contribution in [0.25, 0.3) is 0 Å². The van der Waals surface area contributed by atoms with E-state index in [9.17, 15) is 9.59 Å². The SMILES string of the molecule is CCOC(=O)CCCNC(=O)c1csc(C)n1. The van der Waals surface area contributed by atoms with E-state index < -0.39 is 0 Å². The molecule has 0 aliphatic heterocycles. The van der Waals surface area contributed by atoms with Crippen molar-refractivity contribution in [1.82, 2.24) is 10.3 Å². The van der Waals surface area contributed by atoms with Gasteiger partial charge in [0.2, 0.25) is 0 Å². The van der Waals surface area contributed by atoms with Gasteiger partial charge < -0.3 is 10.1 Å². The molecule has 0 spiro atoms. The van der Waals surface area contributed by atoms with Gasteiger partial charge in [-0.15, -0.1) is 11.3 Å². The molecule has 0 saturated carbocycles. The van der Waals surface area contributed by atoms with Gasteiger partial charge in [0.05, 0.1) is 11.6 Å². The van der Waals surface area contributed by atoms with Crippen LogP contribution in [-0.4, -0.2) is 30.0 Å². The van der Waals surface area contributed by atoms with Gasteiger partial charge in [-0.3, -0.25) is 9.59 Å². The first-order valence-corrected chi connectivity index (χ1v) is 6.37. The molecule has 6 heteroatoms. The van der Waals surface area contributed by atoms with Crippen LogP contribution in [0.5, 0.6) is 0 Å². The zero-order valence-electron chi connectivity index (χ0n) is 9.99. The van der Waals surface area contributed by atoms with E-state index >= 15 is 0 Å². The highest BCUT2D eigenvalue weighted by Crippen LogP contribution is 2.07. The van der Waals surface area contributed by atoms with Crippen molar-refractivity contribution >= 4 is 23.2 Å². The van der Waals surface area contributed by atoms with E-state index in [1.54, 1.807) is 12.3 Å². The van der Waals surface area contributed by atoms with Crippen molar-refractivity contribution in [2.45, 2.75) is 26.7 Å². The van der Waals surface area contributed by atoms with Crippen molar-refractivity contribution in [3.63, 3.8) is 0 Å². The lowest BCUT2D eigenvalue weighted by Crippen LogP contribution is -2.25. The lowest BCUT2D eigenvalue weighted by Gasteiger charge is -2.03. The molecule has 1 aromatic rings. The fourth-order valence-electron chi connectivity index (χ4n) is 1.23. The van der Waals surface area contributed by atoms with E-state index in [1.807, 2.05) is 6.92 Å². The fraction of sp³-hybridized carbons (Fsp3) is 0.545. The molecule has 0 unspecified atom stereocenters. The zero-order valence-corrected chi connectivity index (χ0v) is 10.8. The van der Waals surface area contributed by atoms with Gasteiger partial charge in [-0.2, -0.15) is 0 Å². The molecule has 1 N–H and O–H groups in total. The third-order valence-electron chi connectivity index (χ3n) is 2.00. The molecular weight excluding hydrogens is 240 g/mol. The molecule has 17 heavy (non-hydrogen) atoms. The summed E-state index contributed by atoms with van der Waals surface area (Å²) in [5.41, 5.74) is 0.434. The number of hydrogen-bond donors (Lipinski definition) is 1. The maximum atomic E-state index is 11.5. The third kappa shape index (κ3) is 4.95.